The lowest BCUT2D eigenvalue weighted by atomic mass is 10.0. The number of hydrogen-bond donors (Lipinski definition) is 0. The Balaban J connectivity index is 1.60. The number of ether oxygens (including phenoxy) is 1. The lowest BCUT2D eigenvalue weighted by Crippen LogP contribution is -2.35. The number of rotatable bonds is 6. The van der Waals surface area contributed by atoms with Crippen LogP contribution in [0.1, 0.15) is 24.8 Å². The van der Waals surface area contributed by atoms with E-state index in [-0.39, 0.29) is 5.91 Å². The van der Waals surface area contributed by atoms with Gasteiger partial charge in [0.25, 0.3) is 0 Å². The number of halogens is 1. The molecule has 1 aliphatic heterocycles. The summed E-state index contributed by atoms with van der Waals surface area (Å²) < 4.78 is 30.1. The molecule has 2 aromatic rings. The number of amides is 1. The minimum atomic E-state index is -3.24. The molecule has 0 atom stereocenters. The van der Waals surface area contributed by atoms with E-state index in [4.69, 9.17) is 4.74 Å². The Morgan fingerprint density at radius 1 is 1.22 bits per heavy atom. The molecule has 0 fully saturated rings. The predicted octanol–water partition coefficient (Wildman–Crippen LogP) is 3.99. The molecule has 0 aromatic heterocycles. The molecule has 0 spiro atoms. The molecule has 0 unspecified atom stereocenters. The van der Waals surface area contributed by atoms with Crippen molar-refractivity contribution < 1.29 is 17.9 Å². The van der Waals surface area contributed by atoms with Crippen LogP contribution in [-0.4, -0.2) is 33.7 Å². The summed E-state index contributed by atoms with van der Waals surface area (Å²) in [6.45, 7) is 1.13. The zero-order valence-corrected chi connectivity index (χ0v) is 17.6. The van der Waals surface area contributed by atoms with Crippen LogP contribution in [0.5, 0.6) is 5.75 Å². The molecule has 1 heterocycles. The monoisotopic (exact) mass is 451 g/mol. The highest BCUT2D eigenvalue weighted by atomic mass is 79.9. The van der Waals surface area contributed by atoms with E-state index in [0.29, 0.717) is 30.9 Å². The van der Waals surface area contributed by atoms with E-state index in [1.807, 2.05) is 24.3 Å². The van der Waals surface area contributed by atoms with Crippen molar-refractivity contribution in [2.75, 3.05) is 24.3 Å². The van der Waals surface area contributed by atoms with Crippen LogP contribution in [0.15, 0.2) is 51.8 Å². The van der Waals surface area contributed by atoms with E-state index < -0.39 is 9.84 Å². The maximum atomic E-state index is 12.7. The lowest BCUT2D eigenvalue weighted by molar-refractivity contribution is -0.118. The summed E-state index contributed by atoms with van der Waals surface area (Å²) >= 11 is 3.40. The van der Waals surface area contributed by atoms with Crippen molar-refractivity contribution in [1.29, 1.82) is 0 Å². The second-order valence-corrected chi connectivity index (χ2v) is 9.55. The predicted molar refractivity (Wildman–Crippen MR) is 109 cm³/mol. The largest absolute Gasteiger partial charge is 0.494 e. The quantitative estimate of drug-likeness (QED) is 0.622. The molecule has 0 bridgehead atoms. The van der Waals surface area contributed by atoms with E-state index in [1.165, 1.54) is 6.26 Å². The van der Waals surface area contributed by atoms with Crippen LogP contribution in [0.2, 0.25) is 0 Å². The summed E-state index contributed by atoms with van der Waals surface area (Å²) in [5.74, 6) is 0.814. The fourth-order valence-corrected chi connectivity index (χ4v) is 4.22. The first-order valence-corrected chi connectivity index (χ1v) is 11.5. The maximum Gasteiger partial charge on any atom is 0.227 e. The Morgan fingerprint density at radius 3 is 2.78 bits per heavy atom. The Morgan fingerprint density at radius 2 is 2.04 bits per heavy atom. The number of sulfone groups is 1. The molecule has 27 heavy (non-hydrogen) atoms. The fraction of sp³-hybridized carbons (Fsp3) is 0.350. The van der Waals surface area contributed by atoms with Gasteiger partial charge in [-0.1, -0.05) is 22.0 Å². The van der Waals surface area contributed by atoms with E-state index in [2.05, 4.69) is 15.9 Å². The Hall–Kier alpha value is -1.86. The fourth-order valence-electron chi connectivity index (χ4n) is 3.17. The molecular weight excluding hydrogens is 430 g/mol. The first-order valence-electron chi connectivity index (χ1n) is 8.86. The average Bonchev–Trinajstić information content (AvgIpc) is 2.63. The van der Waals surface area contributed by atoms with Crippen molar-refractivity contribution in [2.24, 2.45) is 0 Å². The van der Waals surface area contributed by atoms with Crippen molar-refractivity contribution in [3.05, 3.63) is 52.5 Å². The zero-order chi connectivity index (χ0) is 19.4. The zero-order valence-electron chi connectivity index (χ0n) is 15.2. The van der Waals surface area contributed by atoms with Gasteiger partial charge in [-0.3, -0.25) is 4.79 Å². The van der Waals surface area contributed by atoms with Gasteiger partial charge in [0.05, 0.1) is 11.5 Å². The van der Waals surface area contributed by atoms with Crippen LogP contribution >= 0.6 is 15.9 Å². The van der Waals surface area contributed by atoms with Gasteiger partial charge >= 0.3 is 0 Å². The number of anilines is 1. The Labute approximate surface area is 168 Å². The molecule has 0 radical (unpaired) electrons. The number of benzene rings is 2. The summed E-state index contributed by atoms with van der Waals surface area (Å²) in [6.07, 6.45) is 3.83. The summed E-state index contributed by atoms with van der Waals surface area (Å²) in [4.78, 5) is 14.7. The van der Waals surface area contributed by atoms with Crippen molar-refractivity contribution in [1.82, 2.24) is 0 Å². The van der Waals surface area contributed by atoms with Gasteiger partial charge in [0.2, 0.25) is 5.91 Å². The number of nitrogens with zero attached hydrogens (tertiary/aromatic N) is 1. The topological polar surface area (TPSA) is 63.7 Å². The summed E-state index contributed by atoms with van der Waals surface area (Å²) in [5, 5.41) is 0. The molecule has 1 aliphatic rings. The smallest absolute Gasteiger partial charge is 0.227 e. The Kier molecular flexibility index (Phi) is 6.22. The summed E-state index contributed by atoms with van der Waals surface area (Å²) in [5.41, 5.74) is 1.74. The van der Waals surface area contributed by atoms with Crippen molar-refractivity contribution in [3.8, 4) is 5.75 Å². The van der Waals surface area contributed by atoms with Crippen LogP contribution in [-0.2, 0) is 21.1 Å². The SMILES string of the molecule is CS(=O)(=O)c1ccc2c(c1)CCCN2C(=O)CCCOc1cccc(Br)c1. The number of fused-ring (bicyclic) bond motifs is 1. The number of carbonyl (C=O) groups is 1. The van der Waals surface area contributed by atoms with Crippen LogP contribution in [0.3, 0.4) is 0 Å². The van der Waals surface area contributed by atoms with Gasteiger partial charge in [-0.05, 0) is 61.2 Å². The standard InChI is InChI=1S/C20H22BrNO4S/c1-27(24,25)18-9-10-19-15(13-18)5-3-11-22(19)20(23)8-4-12-26-17-7-2-6-16(21)14-17/h2,6-7,9-10,13-14H,3-5,8,11-12H2,1H3. The maximum absolute atomic E-state index is 12.7. The van der Waals surface area contributed by atoms with E-state index in [0.717, 1.165) is 34.3 Å². The number of aryl methyl sites for hydroxylation is 1. The van der Waals surface area contributed by atoms with Crippen LogP contribution in [0.4, 0.5) is 5.69 Å². The molecule has 5 nitrogen and oxygen atoms in total. The second-order valence-electron chi connectivity index (χ2n) is 6.62. The van der Waals surface area contributed by atoms with Crippen LogP contribution in [0, 0.1) is 0 Å². The molecule has 0 N–H and O–H groups in total. The highest BCUT2D eigenvalue weighted by molar-refractivity contribution is 9.10. The molecular formula is C20H22BrNO4S. The van der Waals surface area contributed by atoms with Gasteiger partial charge in [-0.25, -0.2) is 8.42 Å². The molecule has 1 amide bonds. The minimum absolute atomic E-state index is 0.0425. The number of carbonyl (C=O) groups excluding carboxylic acids is 1. The molecule has 0 saturated heterocycles. The van der Waals surface area contributed by atoms with Crippen molar-refractivity contribution >= 4 is 37.4 Å². The highest BCUT2D eigenvalue weighted by Gasteiger charge is 2.23. The van der Waals surface area contributed by atoms with Gasteiger partial charge in [-0.15, -0.1) is 0 Å². The third-order valence-corrected chi connectivity index (χ3v) is 6.10. The van der Waals surface area contributed by atoms with E-state index in [9.17, 15) is 13.2 Å². The van der Waals surface area contributed by atoms with Gasteiger partial charge in [0, 0.05) is 29.4 Å². The van der Waals surface area contributed by atoms with Crippen LogP contribution in [0.25, 0.3) is 0 Å². The van der Waals surface area contributed by atoms with Crippen molar-refractivity contribution in [3.63, 3.8) is 0 Å². The third kappa shape index (κ3) is 5.11. The first kappa shape index (κ1) is 19.9. The first-order chi connectivity index (χ1) is 12.8. The van der Waals surface area contributed by atoms with E-state index in [1.54, 1.807) is 23.1 Å². The van der Waals surface area contributed by atoms with Crippen molar-refractivity contribution in [2.45, 2.75) is 30.6 Å². The second kappa shape index (κ2) is 8.44. The Bertz CT molecular complexity index is 943. The normalized spacial score (nSPS) is 13.9. The molecule has 0 aliphatic carbocycles. The van der Waals surface area contributed by atoms with Crippen LogP contribution < -0.4 is 9.64 Å². The molecule has 144 valence electrons. The molecule has 7 heteroatoms. The molecule has 2 aromatic carbocycles. The lowest BCUT2D eigenvalue weighted by Gasteiger charge is -2.30. The summed E-state index contributed by atoms with van der Waals surface area (Å²) in [6, 6.07) is 12.6. The average molecular weight is 452 g/mol. The molecule has 3 rings (SSSR count). The third-order valence-electron chi connectivity index (χ3n) is 4.50. The number of hydrogen-bond acceptors (Lipinski definition) is 4. The van der Waals surface area contributed by atoms with Gasteiger partial charge in [-0.2, -0.15) is 0 Å². The summed E-state index contributed by atoms with van der Waals surface area (Å²) in [7, 11) is -3.24. The van der Waals surface area contributed by atoms with Gasteiger partial charge in [0.1, 0.15) is 5.75 Å². The highest BCUT2D eigenvalue weighted by Crippen LogP contribution is 2.30. The minimum Gasteiger partial charge on any atom is -0.494 e. The van der Waals surface area contributed by atoms with E-state index >= 15 is 0 Å². The van der Waals surface area contributed by atoms with Gasteiger partial charge < -0.3 is 9.64 Å². The van der Waals surface area contributed by atoms with Gasteiger partial charge in [0.15, 0.2) is 9.84 Å². The molecule has 0 saturated carbocycles.